The normalized spacial score (nSPS) is 13.9. The fourth-order valence-electron chi connectivity index (χ4n) is 0.666. The first-order valence-electron chi connectivity index (χ1n) is 3.11. The van der Waals surface area contributed by atoms with E-state index in [0.29, 0.717) is 6.54 Å². The maximum Gasteiger partial charge on any atom is 0.0934 e. The summed E-state index contributed by atoms with van der Waals surface area (Å²) in [5.74, 6) is 0.111. The molecule has 50 valence electrons. The van der Waals surface area contributed by atoms with Crippen molar-refractivity contribution in [3.63, 3.8) is 0 Å². The minimum Gasteiger partial charge on any atom is -0.330 e. The molecule has 0 saturated heterocycles. The quantitative estimate of drug-likeness (QED) is 0.593. The number of hydrogen-bond donors (Lipinski definition) is 1. The monoisotopic (exact) mass is 119 g/mol. The van der Waals surface area contributed by atoms with E-state index < -0.39 is 0 Å². The Morgan fingerprint density at radius 2 is 2.25 bits per heavy atom. The van der Waals surface area contributed by atoms with Crippen LogP contribution >= 0.6 is 0 Å². The second-order valence-electron chi connectivity index (χ2n) is 2.04. The largest absolute Gasteiger partial charge is 0.330 e. The predicted molar refractivity (Wildman–Crippen MR) is 33.4 cm³/mol. The Balaban J connectivity index is 3.07. The molecule has 2 N–H and O–H groups in total. The minimum absolute atomic E-state index is 0.111. The Morgan fingerprint density at radius 1 is 1.62 bits per heavy atom. The molecule has 1 atom stereocenters. The van der Waals surface area contributed by atoms with Gasteiger partial charge in [-0.05, 0) is 18.9 Å². The van der Waals surface area contributed by atoms with Gasteiger partial charge < -0.3 is 5.73 Å². The lowest BCUT2D eigenvalue weighted by atomic mass is 10.1. The van der Waals surface area contributed by atoms with Crippen molar-refractivity contribution in [2.45, 2.75) is 19.8 Å². The van der Waals surface area contributed by atoms with Gasteiger partial charge in [-0.2, -0.15) is 0 Å². The van der Waals surface area contributed by atoms with E-state index >= 15 is 0 Å². The van der Waals surface area contributed by atoms with Crippen LogP contribution in [0, 0.1) is 5.92 Å². The highest BCUT2D eigenvalue weighted by atomic mass is 19.1. The molecular weight excluding hydrogens is 105 g/mol. The van der Waals surface area contributed by atoms with Gasteiger partial charge in [0.15, 0.2) is 0 Å². The lowest BCUT2D eigenvalue weighted by molar-refractivity contribution is 0.348. The van der Waals surface area contributed by atoms with Crippen molar-refractivity contribution in [1.29, 1.82) is 0 Å². The summed E-state index contributed by atoms with van der Waals surface area (Å²) in [6, 6.07) is 0. The molecule has 8 heavy (non-hydrogen) atoms. The van der Waals surface area contributed by atoms with Gasteiger partial charge in [0.2, 0.25) is 0 Å². The first-order chi connectivity index (χ1) is 3.85. The molecular formula is C6H14FN. The van der Waals surface area contributed by atoms with Crippen LogP contribution in [0.4, 0.5) is 4.39 Å². The summed E-state index contributed by atoms with van der Waals surface area (Å²) in [5, 5.41) is 0. The Hall–Kier alpha value is -0.110. The number of alkyl halides is 1. The summed E-state index contributed by atoms with van der Waals surface area (Å²) in [6.45, 7) is 2.27. The number of nitrogens with two attached hydrogens (primary N) is 1. The molecule has 0 bridgehead atoms. The van der Waals surface area contributed by atoms with E-state index in [0.717, 1.165) is 12.8 Å². The van der Waals surface area contributed by atoms with Crippen LogP contribution in [0.3, 0.4) is 0 Å². The fraction of sp³-hybridized carbons (Fsp3) is 1.00. The highest BCUT2D eigenvalue weighted by Gasteiger charge is 2.01. The summed E-state index contributed by atoms with van der Waals surface area (Å²) in [4.78, 5) is 0. The molecule has 0 saturated carbocycles. The molecule has 0 aromatic heterocycles. The van der Waals surface area contributed by atoms with Gasteiger partial charge in [-0.15, -0.1) is 0 Å². The number of hydrogen-bond acceptors (Lipinski definition) is 1. The zero-order chi connectivity index (χ0) is 6.41. The zero-order valence-corrected chi connectivity index (χ0v) is 5.36. The van der Waals surface area contributed by atoms with Gasteiger partial charge in [0.1, 0.15) is 0 Å². The highest BCUT2D eigenvalue weighted by molar-refractivity contribution is 4.55. The molecule has 0 aliphatic heterocycles. The van der Waals surface area contributed by atoms with Crippen molar-refractivity contribution in [2.75, 3.05) is 13.2 Å². The molecule has 0 aliphatic carbocycles. The molecule has 0 aromatic carbocycles. The lowest BCUT2D eigenvalue weighted by Gasteiger charge is -2.05. The van der Waals surface area contributed by atoms with E-state index in [-0.39, 0.29) is 12.6 Å². The summed E-state index contributed by atoms with van der Waals surface area (Å²) < 4.78 is 11.8. The lowest BCUT2D eigenvalue weighted by Crippen LogP contribution is -2.15. The first-order valence-corrected chi connectivity index (χ1v) is 3.11. The van der Waals surface area contributed by atoms with Gasteiger partial charge in [-0.3, -0.25) is 4.39 Å². The molecule has 0 fully saturated rings. The SMILES string of the molecule is CCCC(CN)CF. The van der Waals surface area contributed by atoms with E-state index in [9.17, 15) is 4.39 Å². The molecule has 0 aliphatic rings. The van der Waals surface area contributed by atoms with Crippen LogP contribution in [0.15, 0.2) is 0 Å². The van der Waals surface area contributed by atoms with Crippen LogP contribution < -0.4 is 5.73 Å². The van der Waals surface area contributed by atoms with E-state index in [2.05, 4.69) is 0 Å². The Labute approximate surface area is 50.1 Å². The average molecular weight is 119 g/mol. The third-order valence-electron chi connectivity index (χ3n) is 1.25. The van der Waals surface area contributed by atoms with Gasteiger partial charge in [-0.25, -0.2) is 0 Å². The van der Waals surface area contributed by atoms with Crippen LogP contribution in [-0.4, -0.2) is 13.2 Å². The Kier molecular flexibility index (Phi) is 4.97. The van der Waals surface area contributed by atoms with Crippen molar-refractivity contribution < 1.29 is 4.39 Å². The van der Waals surface area contributed by atoms with Crippen LogP contribution in [0.5, 0.6) is 0 Å². The third kappa shape index (κ3) is 2.97. The van der Waals surface area contributed by atoms with Crippen molar-refractivity contribution >= 4 is 0 Å². The molecule has 0 radical (unpaired) electrons. The van der Waals surface area contributed by atoms with E-state index in [4.69, 9.17) is 5.73 Å². The highest BCUT2D eigenvalue weighted by Crippen LogP contribution is 2.03. The van der Waals surface area contributed by atoms with Crippen molar-refractivity contribution in [3.05, 3.63) is 0 Å². The standard InChI is InChI=1S/C6H14FN/c1-2-3-6(4-7)5-8/h6H,2-5,8H2,1H3. The summed E-state index contributed by atoms with van der Waals surface area (Å²) in [5.41, 5.74) is 5.23. The van der Waals surface area contributed by atoms with E-state index in [1.54, 1.807) is 0 Å². The van der Waals surface area contributed by atoms with Crippen molar-refractivity contribution in [1.82, 2.24) is 0 Å². The molecule has 0 aromatic rings. The third-order valence-corrected chi connectivity index (χ3v) is 1.25. The second kappa shape index (κ2) is 5.04. The minimum atomic E-state index is -0.260. The van der Waals surface area contributed by atoms with Crippen LogP contribution in [0.25, 0.3) is 0 Å². The fourth-order valence-corrected chi connectivity index (χ4v) is 0.666. The smallest absolute Gasteiger partial charge is 0.0934 e. The van der Waals surface area contributed by atoms with Gasteiger partial charge in [0, 0.05) is 0 Å². The van der Waals surface area contributed by atoms with E-state index in [1.807, 2.05) is 6.92 Å². The average Bonchev–Trinajstić information content (AvgIpc) is 1.83. The molecule has 0 spiro atoms. The maximum atomic E-state index is 11.8. The van der Waals surface area contributed by atoms with Crippen LogP contribution in [0.2, 0.25) is 0 Å². The second-order valence-corrected chi connectivity index (χ2v) is 2.04. The maximum absolute atomic E-state index is 11.8. The van der Waals surface area contributed by atoms with Crippen molar-refractivity contribution in [3.8, 4) is 0 Å². The number of rotatable bonds is 4. The first kappa shape index (κ1) is 7.89. The Bertz CT molecular complexity index is 43.8. The Morgan fingerprint density at radius 3 is 2.38 bits per heavy atom. The van der Waals surface area contributed by atoms with Gasteiger partial charge in [-0.1, -0.05) is 13.3 Å². The van der Waals surface area contributed by atoms with Gasteiger partial charge >= 0.3 is 0 Å². The summed E-state index contributed by atoms with van der Waals surface area (Å²) in [7, 11) is 0. The summed E-state index contributed by atoms with van der Waals surface area (Å²) >= 11 is 0. The summed E-state index contributed by atoms with van der Waals surface area (Å²) in [6.07, 6.45) is 1.96. The van der Waals surface area contributed by atoms with Gasteiger partial charge in [0.25, 0.3) is 0 Å². The van der Waals surface area contributed by atoms with Gasteiger partial charge in [0.05, 0.1) is 6.67 Å². The molecule has 0 heterocycles. The molecule has 0 rings (SSSR count). The molecule has 0 amide bonds. The van der Waals surface area contributed by atoms with Crippen LogP contribution in [0.1, 0.15) is 19.8 Å². The molecule has 1 nitrogen and oxygen atoms in total. The van der Waals surface area contributed by atoms with Crippen molar-refractivity contribution in [2.24, 2.45) is 11.7 Å². The van der Waals surface area contributed by atoms with E-state index in [1.165, 1.54) is 0 Å². The van der Waals surface area contributed by atoms with Crippen LogP contribution in [-0.2, 0) is 0 Å². The molecule has 1 unspecified atom stereocenters. The molecule has 2 heteroatoms. The zero-order valence-electron chi connectivity index (χ0n) is 5.36. The topological polar surface area (TPSA) is 26.0 Å². The predicted octanol–water partition coefficient (Wildman–Crippen LogP) is 1.33. The number of halogens is 1.